The number of aliphatic hydroxyl groups is 4. The number of fused-ring (bicyclic) bond motifs is 3. The zero-order valence-electron chi connectivity index (χ0n) is 36.0. The van der Waals surface area contributed by atoms with Crippen molar-refractivity contribution >= 4 is 29.7 Å². The Hall–Kier alpha value is -4.44. The number of allylic oxidation sites excluding steroid dienone is 3. The maximum Gasteiger partial charge on any atom is 0.375 e. The average Bonchev–Trinajstić information content (AvgIpc) is 3.95. The monoisotopic (exact) mass is 856 g/mol. The third kappa shape index (κ3) is 8.37. The number of nitrogens with zero attached hydrogens (tertiary/aromatic N) is 2. The number of ether oxygens (including phenoxy) is 5. The van der Waals surface area contributed by atoms with Crippen LogP contribution in [0.4, 0.5) is 0 Å². The second kappa shape index (κ2) is 18.7. The van der Waals surface area contributed by atoms with Crippen molar-refractivity contribution < 1.29 is 58.5 Å². The number of likely N-dealkylation sites (tertiary alicyclic amines) is 1. The standard InChI is InChI=1S/C48H60N2O12/c1-4-59-47(56)46-36(25-52)40(29-20-30(24-51)42(55)34(21-29)27-9-10-38-28(19-27)11-14-49-38)41-44(60-33-8-5-7-32(54)22-33)35-23-39(61-43(35)37(26-53)45(41)62-46)48(2,57)31-12-16-50(17-13-31)15-6-18-58-3/h9-11,19,25,30-34,39,51,53-54,57H,4-8,12-18,20-24,26H2,1-3H3/b40-29-/t30-,32-,33+,34-,39-,48+/m0/s1. The van der Waals surface area contributed by atoms with Crippen molar-refractivity contribution in [3.05, 3.63) is 67.9 Å². The molecular weight excluding hydrogens is 797 g/mol. The molecule has 2 aliphatic carbocycles. The van der Waals surface area contributed by atoms with Gasteiger partial charge >= 0.3 is 5.97 Å². The van der Waals surface area contributed by atoms with Gasteiger partial charge in [0.25, 0.3) is 0 Å². The molecule has 2 saturated carbocycles. The summed E-state index contributed by atoms with van der Waals surface area (Å²) < 4.78 is 30.9. The molecular formula is C48H60N2O12. The van der Waals surface area contributed by atoms with Gasteiger partial charge in [0.1, 0.15) is 40.8 Å². The number of methoxy groups -OCH3 is 1. The molecule has 2 aromatic carbocycles. The van der Waals surface area contributed by atoms with Gasteiger partial charge in [-0.1, -0.05) is 17.7 Å². The van der Waals surface area contributed by atoms with Crippen LogP contribution in [0.1, 0.15) is 99.8 Å². The fourth-order valence-electron chi connectivity index (χ4n) is 10.6. The molecule has 62 heavy (non-hydrogen) atoms. The molecule has 4 heterocycles. The van der Waals surface area contributed by atoms with Gasteiger partial charge in [0, 0.05) is 56.1 Å². The quantitative estimate of drug-likeness (QED) is 0.123. The van der Waals surface area contributed by atoms with Crippen LogP contribution in [0.15, 0.2) is 40.1 Å². The number of piperidine rings is 1. The van der Waals surface area contributed by atoms with Gasteiger partial charge in [-0.05, 0) is 107 Å². The lowest BCUT2D eigenvalue weighted by Gasteiger charge is -2.42. The lowest BCUT2D eigenvalue weighted by Crippen LogP contribution is -2.52. The first kappa shape index (κ1) is 44.2. The number of esters is 1. The van der Waals surface area contributed by atoms with Crippen molar-refractivity contribution in [2.75, 3.05) is 53.1 Å². The highest BCUT2D eigenvalue weighted by molar-refractivity contribution is 6.11. The van der Waals surface area contributed by atoms with E-state index in [4.69, 9.17) is 23.7 Å². The van der Waals surface area contributed by atoms with Gasteiger partial charge in [0.05, 0.1) is 54.5 Å². The van der Waals surface area contributed by atoms with E-state index in [-0.39, 0.29) is 66.0 Å². The Morgan fingerprint density at radius 1 is 1.10 bits per heavy atom. The van der Waals surface area contributed by atoms with Crippen LogP contribution in [0.25, 0.3) is 11.6 Å². The first-order chi connectivity index (χ1) is 30.0. The number of carbonyl (C=O) groups excluding carboxylic acids is 3. The van der Waals surface area contributed by atoms with Crippen molar-refractivity contribution in [3.63, 3.8) is 0 Å². The fourth-order valence-corrected chi connectivity index (χ4v) is 10.6. The highest BCUT2D eigenvalue weighted by Gasteiger charge is 2.50. The Balaban J connectivity index is 1.29. The number of rotatable bonds is 14. The van der Waals surface area contributed by atoms with E-state index >= 15 is 0 Å². The third-order valence-corrected chi connectivity index (χ3v) is 14.0. The molecule has 14 nitrogen and oxygen atoms in total. The summed E-state index contributed by atoms with van der Waals surface area (Å²) in [6.45, 7) is 6.17. The SMILES string of the molecule is CCOC(=O)C1=C(C=O)/C(=C2\C[C@@H](CO)C(=O)[C@H](c3ccc4c(c3)=CCN=4)C2)c2c(c(CO)c3c(c2O[C@@H]2CCC[C@H](O)C2)C[C@@H]([C@](C)(O)C2CCN(CCCOC)CC2)O3)O1. The highest BCUT2D eigenvalue weighted by atomic mass is 16.6. The Labute approximate surface area is 361 Å². The predicted molar refractivity (Wildman–Crippen MR) is 227 cm³/mol. The lowest BCUT2D eigenvalue weighted by atomic mass is 9.71. The van der Waals surface area contributed by atoms with Gasteiger partial charge < -0.3 is 49.0 Å². The van der Waals surface area contributed by atoms with Crippen LogP contribution >= 0.6 is 0 Å². The molecule has 1 saturated heterocycles. The number of carbonyl (C=O) groups is 3. The molecule has 8 rings (SSSR count). The van der Waals surface area contributed by atoms with Crippen LogP contribution in [0.3, 0.4) is 0 Å². The molecule has 6 aliphatic rings. The minimum absolute atomic E-state index is 0.0112. The summed E-state index contributed by atoms with van der Waals surface area (Å²) in [4.78, 5) is 48.4. The van der Waals surface area contributed by atoms with Gasteiger partial charge in [-0.15, -0.1) is 0 Å². The first-order valence-corrected chi connectivity index (χ1v) is 22.3. The summed E-state index contributed by atoms with van der Waals surface area (Å²) in [5.74, 6) is -2.43. The minimum atomic E-state index is -1.31. The smallest absolute Gasteiger partial charge is 0.375 e. The van der Waals surface area contributed by atoms with E-state index in [2.05, 4.69) is 9.89 Å². The maximum absolute atomic E-state index is 14.2. The number of hydrogen-bond donors (Lipinski definition) is 4. The summed E-state index contributed by atoms with van der Waals surface area (Å²) >= 11 is 0. The Kier molecular flexibility index (Phi) is 13.3. The van der Waals surface area contributed by atoms with E-state index in [0.717, 1.165) is 55.0 Å². The Morgan fingerprint density at radius 2 is 1.90 bits per heavy atom. The summed E-state index contributed by atoms with van der Waals surface area (Å²) in [6.07, 6.45) is 5.92. The number of benzene rings is 2. The van der Waals surface area contributed by atoms with Crippen molar-refractivity contribution in [1.82, 2.24) is 4.90 Å². The Morgan fingerprint density at radius 3 is 2.61 bits per heavy atom. The number of hydrogen-bond acceptors (Lipinski definition) is 14. The van der Waals surface area contributed by atoms with Crippen LogP contribution in [-0.4, -0.2) is 120 Å². The molecule has 334 valence electrons. The van der Waals surface area contributed by atoms with Crippen LogP contribution < -0.4 is 24.8 Å². The van der Waals surface area contributed by atoms with E-state index in [1.165, 1.54) is 0 Å². The molecule has 0 unspecified atom stereocenters. The zero-order valence-corrected chi connectivity index (χ0v) is 36.0. The molecule has 14 heteroatoms. The molecule has 0 spiro atoms. The van der Waals surface area contributed by atoms with E-state index in [0.29, 0.717) is 73.1 Å². The van der Waals surface area contributed by atoms with Crippen molar-refractivity contribution in [3.8, 4) is 17.2 Å². The van der Waals surface area contributed by atoms with E-state index in [9.17, 15) is 34.8 Å². The number of ketones is 1. The van der Waals surface area contributed by atoms with Crippen LogP contribution in [0.2, 0.25) is 0 Å². The van der Waals surface area contributed by atoms with Gasteiger partial charge in [0.15, 0.2) is 6.29 Å². The topological polar surface area (TPSA) is 194 Å². The normalized spacial score (nSPS) is 27.2. The summed E-state index contributed by atoms with van der Waals surface area (Å²) in [5, 5.41) is 47.0. The second-order valence-corrected chi connectivity index (χ2v) is 17.8. The highest BCUT2D eigenvalue weighted by Crippen LogP contribution is 2.57. The van der Waals surface area contributed by atoms with Crippen molar-refractivity contribution in [1.29, 1.82) is 0 Å². The second-order valence-electron chi connectivity index (χ2n) is 17.8. The maximum atomic E-state index is 14.2. The van der Waals surface area contributed by atoms with Crippen molar-refractivity contribution in [2.45, 2.75) is 114 Å². The van der Waals surface area contributed by atoms with E-state index < -0.39 is 54.9 Å². The van der Waals surface area contributed by atoms with Crippen LogP contribution in [0.5, 0.6) is 17.2 Å². The van der Waals surface area contributed by atoms with Crippen LogP contribution in [-0.2, 0) is 36.9 Å². The molecule has 0 bridgehead atoms. The van der Waals surface area contributed by atoms with Gasteiger partial charge in [-0.25, -0.2) is 4.79 Å². The number of aldehydes is 1. The van der Waals surface area contributed by atoms with E-state index in [1.54, 1.807) is 21.0 Å². The van der Waals surface area contributed by atoms with Gasteiger partial charge in [0.2, 0.25) is 5.76 Å². The third-order valence-electron chi connectivity index (χ3n) is 14.0. The molecule has 0 radical (unpaired) electrons. The molecule has 3 fully saturated rings. The molecule has 6 atom stereocenters. The zero-order chi connectivity index (χ0) is 43.7. The van der Waals surface area contributed by atoms with Gasteiger partial charge in [-0.3, -0.25) is 14.6 Å². The minimum Gasteiger partial charge on any atom is -0.489 e. The first-order valence-electron chi connectivity index (χ1n) is 22.3. The summed E-state index contributed by atoms with van der Waals surface area (Å²) in [5.41, 5.74) is 1.36. The van der Waals surface area contributed by atoms with Crippen LogP contribution in [0, 0.1) is 11.8 Å². The Bertz CT molecular complexity index is 2260. The summed E-state index contributed by atoms with van der Waals surface area (Å²) in [6, 6.07) is 5.71. The molecule has 0 amide bonds. The largest absolute Gasteiger partial charge is 0.489 e. The predicted octanol–water partition coefficient (Wildman–Crippen LogP) is 3.00. The molecule has 2 aromatic rings. The van der Waals surface area contributed by atoms with E-state index in [1.807, 2.05) is 24.3 Å². The molecule has 4 aliphatic heterocycles. The fraction of sp³-hybridized carbons (Fsp3) is 0.583. The number of Topliss-reactive ketones (excluding diaryl/α,β-unsaturated/α-hetero) is 1. The van der Waals surface area contributed by atoms with Crippen molar-refractivity contribution in [2.24, 2.45) is 16.8 Å². The number of aliphatic hydroxyl groups excluding tert-OH is 3. The summed E-state index contributed by atoms with van der Waals surface area (Å²) in [7, 11) is 1.70. The average molecular weight is 857 g/mol. The lowest BCUT2D eigenvalue weighted by molar-refractivity contribution is -0.141. The molecule has 0 aromatic heterocycles. The van der Waals surface area contributed by atoms with Gasteiger partial charge in [-0.2, -0.15) is 0 Å². The molecule has 4 N–H and O–H groups in total.